The quantitative estimate of drug-likeness (QED) is 0.455. The van der Waals surface area contributed by atoms with Gasteiger partial charge < -0.3 is 4.74 Å². The van der Waals surface area contributed by atoms with Crippen LogP contribution in [-0.2, 0) is 19.1 Å². The summed E-state index contributed by atoms with van der Waals surface area (Å²) in [4.78, 5) is 40.1. The van der Waals surface area contributed by atoms with Crippen molar-refractivity contribution < 1.29 is 19.1 Å². The summed E-state index contributed by atoms with van der Waals surface area (Å²) >= 11 is 6.72. The molecule has 0 unspecified atom stereocenters. The lowest BCUT2D eigenvalue weighted by atomic mass is 9.98. The fourth-order valence-corrected chi connectivity index (χ4v) is 3.97. The molecule has 0 spiro atoms. The fourth-order valence-electron chi connectivity index (χ4n) is 3.44. The fraction of sp³-hybridized carbons (Fsp3) is 0.200. The molecule has 2 aromatic rings. The number of hydrogen-bond acceptors (Lipinski definition) is 6. The topological polar surface area (TPSA) is 79.3 Å². The third-order valence-electron chi connectivity index (χ3n) is 4.71. The molecule has 1 saturated heterocycles. The van der Waals surface area contributed by atoms with Crippen LogP contribution in [0, 0.1) is 5.92 Å². The molecule has 2 aliphatic rings. The number of nitrogens with zero attached hydrogens (tertiary/aromatic N) is 3. The molecule has 1 fully saturated rings. The zero-order valence-electron chi connectivity index (χ0n) is 15.2. The summed E-state index contributed by atoms with van der Waals surface area (Å²) in [5, 5.41) is 5.75. The number of benzene rings is 2. The number of anilines is 2. The van der Waals surface area contributed by atoms with Crippen molar-refractivity contribution in [1.82, 2.24) is 0 Å². The number of hydrazone groups is 1. The summed E-state index contributed by atoms with van der Waals surface area (Å²) in [7, 11) is 0. The smallest absolute Gasteiger partial charge is 0.355 e. The zero-order chi connectivity index (χ0) is 20.7. The van der Waals surface area contributed by atoms with E-state index in [9.17, 15) is 14.4 Å². The second-order valence-electron chi connectivity index (χ2n) is 6.44. The zero-order valence-corrected chi connectivity index (χ0v) is 18.4. The van der Waals surface area contributed by atoms with Gasteiger partial charge in [0.25, 0.3) is 5.91 Å². The Hall–Kier alpha value is -2.52. The van der Waals surface area contributed by atoms with Crippen LogP contribution in [0.15, 0.2) is 62.6 Å². The average Bonchev–Trinajstić information content (AvgIpc) is 3.21. The highest BCUT2D eigenvalue weighted by molar-refractivity contribution is 9.10. The van der Waals surface area contributed by atoms with Crippen LogP contribution < -0.4 is 9.91 Å². The molecule has 0 saturated carbocycles. The molecular weight excluding hydrogens is 506 g/mol. The standard InChI is InChI=1S/C20H15Br2N3O4/c1-2-29-20(28)16-15-17(25(23-16)14-9-5-12(22)6-10-14)19(27)24(18(15)26)13-7-3-11(21)4-8-13/h3-10,15,17H,2H2,1H3/t15-,17-/m0/s1. The monoisotopic (exact) mass is 519 g/mol. The minimum atomic E-state index is -1.02. The first-order valence-corrected chi connectivity index (χ1v) is 10.4. The van der Waals surface area contributed by atoms with Crippen molar-refractivity contribution in [2.24, 2.45) is 11.0 Å². The van der Waals surface area contributed by atoms with Crippen LogP contribution in [0.3, 0.4) is 0 Å². The third-order valence-corrected chi connectivity index (χ3v) is 5.77. The number of amides is 2. The number of carbonyl (C=O) groups excluding carboxylic acids is 3. The van der Waals surface area contributed by atoms with E-state index >= 15 is 0 Å². The van der Waals surface area contributed by atoms with Crippen LogP contribution in [0.25, 0.3) is 0 Å². The molecule has 0 aliphatic carbocycles. The molecule has 2 aliphatic heterocycles. The van der Waals surface area contributed by atoms with E-state index in [-0.39, 0.29) is 12.3 Å². The van der Waals surface area contributed by atoms with Crippen LogP contribution >= 0.6 is 31.9 Å². The first kappa shape index (κ1) is 19.8. The molecule has 9 heteroatoms. The van der Waals surface area contributed by atoms with Crippen molar-refractivity contribution in [2.75, 3.05) is 16.5 Å². The predicted molar refractivity (Wildman–Crippen MR) is 115 cm³/mol. The SMILES string of the molecule is CCOC(=O)C1=NN(c2ccc(Br)cc2)[C@@H]2C(=O)N(c3ccc(Br)cc3)C(=O)[C@@H]12. The first-order valence-electron chi connectivity index (χ1n) is 8.86. The summed E-state index contributed by atoms with van der Waals surface area (Å²) in [6, 6.07) is 13.0. The number of esters is 1. The second-order valence-corrected chi connectivity index (χ2v) is 8.27. The Kier molecular flexibility index (Phi) is 5.26. The van der Waals surface area contributed by atoms with Crippen LogP contribution in [0.5, 0.6) is 0 Å². The van der Waals surface area contributed by atoms with Gasteiger partial charge in [-0.2, -0.15) is 5.10 Å². The molecular formula is C20H15Br2N3O4. The minimum absolute atomic E-state index is 0.0577. The van der Waals surface area contributed by atoms with E-state index in [0.717, 1.165) is 13.8 Å². The molecule has 7 nitrogen and oxygen atoms in total. The Bertz CT molecular complexity index is 1020. The largest absolute Gasteiger partial charge is 0.461 e. The van der Waals surface area contributed by atoms with Gasteiger partial charge in [-0.15, -0.1) is 0 Å². The van der Waals surface area contributed by atoms with E-state index < -0.39 is 29.7 Å². The van der Waals surface area contributed by atoms with Crippen molar-refractivity contribution >= 4 is 66.7 Å². The second kappa shape index (κ2) is 7.72. The maximum absolute atomic E-state index is 13.3. The summed E-state index contributed by atoms with van der Waals surface area (Å²) in [5.74, 6) is -2.64. The van der Waals surface area contributed by atoms with Crippen LogP contribution in [0.1, 0.15) is 6.92 Å². The van der Waals surface area contributed by atoms with Crippen LogP contribution in [0.4, 0.5) is 11.4 Å². The van der Waals surface area contributed by atoms with Crippen molar-refractivity contribution in [3.05, 3.63) is 57.5 Å². The van der Waals surface area contributed by atoms with E-state index in [1.165, 1.54) is 5.01 Å². The van der Waals surface area contributed by atoms with Crippen LogP contribution in [-0.4, -0.2) is 36.1 Å². The lowest BCUT2D eigenvalue weighted by Crippen LogP contribution is -2.39. The molecule has 4 rings (SSSR count). The van der Waals surface area contributed by atoms with Gasteiger partial charge >= 0.3 is 5.97 Å². The van der Waals surface area contributed by atoms with E-state index in [0.29, 0.717) is 11.4 Å². The number of fused-ring (bicyclic) bond motifs is 1. The Morgan fingerprint density at radius 3 is 2.07 bits per heavy atom. The predicted octanol–water partition coefficient (Wildman–Crippen LogP) is 3.51. The van der Waals surface area contributed by atoms with E-state index in [2.05, 4.69) is 37.0 Å². The Morgan fingerprint density at radius 2 is 1.52 bits per heavy atom. The summed E-state index contributed by atoms with van der Waals surface area (Å²) < 4.78 is 6.77. The van der Waals surface area contributed by atoms with Gasteiger partial charge in [0, 0.05) is 8.95 Å². The third kappa shape index (κ3) is 3.38. The van der Waals surface area contributed by atoms with Gasteiger partial charge in [-0.25, -0.2) is 9.69 Å². The lowest BCUT2D eigenvalue weighted by molar-refractivity contribution is -0.136. The van der Waals surface area contributed by atoms with E-state index in [4.69, 9.17) is 4.74 Å². The highest BCUT2D eigenvalue weighted by Crippen LogP contribution is 2.38. The minimum Gasteiger partial charge on any atom is -0.461 e. The molecule has 0 bridgehead atoms. The Labute approximate surface area is 183 Å². The van der Waals surface area contributed by atoms with Gasteiger partial charge in [-0.05, 0) is 55.5 Å². The van der Waals surface area contributed by atoms with Gasteiger partial charge in [0.15, 0.2) is 5.71 Å². The van der Waals surface area contributed by atoms with Gasteiger partial charge in [0.2, 0.25) is 5.91 Å². The molecule has 2 heterocycles. The summed E-state index contributed by atoms with van der Waals surface area (Å²) in [5.41, 5.74) is 0.982. The number of ether oxygens (including phenoxy) is 1. The number of rotatable bonds is 4. The maximum Gasteiger partial charge on any atom is 0.355 e. The van der Waals surface area contributed by atoms with Gasteiger partial charge in [0.1, 0.15) is 12.0 Å². The van der Waals surface area contributed by atoms with Gasteiger partial charge in [-0.3, -0.25) is 14.6 Å². The van der Waals surface area contributed by atoms with Crippen molar-refractivity contribution in [2.45, 2.75) is 13.0 Å². The Morgan fingerprint density at radius 1 is 0.966 bits per heavy atom. The molecule has 29 heavy (non-hydrogen) atoms. The normalized spacial score (nSPS) is 20.7. The first-order chi connectivity index (χ1) is 13.9. The lowest BCUT2D eigenvalue weighted by Gasteiger charge is -2.22. The van der Waals surface area contributed by atoms with Crippen molar-refractivity contribution in [3.8, 4) is 0 Å². The average molecular weight is 521 g/mol. The van der Waals surface area contributed by atoms with E-state index in [1.54, 1.807) is 55.5 Å². The molecule has 2 aromatic carbocycles. The van der Waals surface area contributed by atoms with Crippen molar-refractivity contribution in [3.63, 3.8) is 0 Å². The molecule has 2 amide bonds. The van der Waals surface area contributed by atoms with Gasteiger partial charge in [-0.1, -0.05) is 31.9 Å². The van der Waals surface area contributed by atoms with E-state index in [1.807, 2.05) is 0 Å². The summed E-state index contributed by atoms with van der Waals surface area (Å²) in [6.45, 7) is 1.82. The molecule has 2 atom stereocenters. The number of imide groups is 1. The maximum atomic E-state index is 13.3. The van der Waals surface area contributed by atoms with Gasteiger partial charge in [0.05, 0.1) is 18.0 Å². The van der Waals surface area contributed by atoms with Crippen LogP contribution in [0.2, 0.25) is 0 Å². The molecule has 0 aromatic heterocycles. The molecule has 0 N–H and O–H groups in total. The molecule has 148 valence electrons. The highest BCUT2D eigenvalue weighted by Gasteiger charge is 2.59. The van der Waals surface area contributed by atoms with Crippen molar-refractivity contribution in [1.29, 1.82) is 0 Å². The Balaban J connectivity index is 1.78. The highest BCUT2D eigenvalue weighted by atomic mass is 79.9. The number of hydrogen-bond donors (Lipinski definition) is 0. The molecule has 0 radical (unpaired) electrons. The summed E-state index contributed by atoms with van der Waals surface area (Å²) in [6.07, 6.45) is 0. The number of halogens is 2. The number of carbonyl (C=O) groups is 3.